The molecule has 0 aromatic heterocycles. The van der Waals surface area contributed by atoms with Crippen molar-refractivity contribution in [1.29, 1.82) is 0 Å². The van der Waals surface area contributed by atoms with Crippen molar-refractivity contribution in [2.24, 2.45) is 11.3 Å². The Morgan fingerprint density at radius 3 is 2.15 bits per heavy atom. The molecule has 0 aliphatic heterocycles. The van der Waals surface area contributed by atoms with Gasteiger partial charge in [0.15, 0.2) is 0 Å². The smallest absolute Gasteiger partial charge is 0.407 e. The van der Waals surface area contributed by atoms with E-state index in [-0.39, 0.29) is 30.8 Å². The number of alkyl carbamates (subject to hydrolysis) is 1. The number of fused-ring (bicyclic) bond motifs is 3. The number of carboxylic acid groups (broad SMARTS) is 1. The molecule has 2 aromatic rings. The lowest BCUT2D eigenvalue weighted by Crippen LogP contribution is -2.35. The molecule has 182 valence electrons. The summed E-state index contributed by atoms with van der Waals surface area (Å²) in [5.74, 6) is -1.07. The highest BCUT2D eigenvalue weighted by Gasteiger charge is 2.29. The highest BCUT2D eigenvalue weighted by Crippen LogP contribution is 2.44. The standard InChI is InChI=1S/C27H34N2O5/c1-4-18(15-24(30)28-14-13-27(2,3)25(31)32)16-29-26(33)34-17-23-21-11-7-5-9-19(21)20-10-6-8-12-22(20)23/h5-12,18,23H,4,13-17H2,1-3H3,(H,28,30)(H,29,33)(H,31,32). The molecule has 0 fully saturated rings. The second-order valence-corrected chi connectivity index (χ2v) is 9.47. The molecule has 1 atom stereocenters. The van der Waals surface area contributed by atoms with Gasteiger partial charge in [0.1, 0.15) is 6.61 Å². The van der Waals surface area contributed by atoms with Crippen LogP contribution < -0.4 is 10.6 Å². The van der Waals surface area contributed by atoms with Gasteiger partial charge in [0.05, 0.1) is 5.41 Å². The Labute approximate surface area is 200 Å². The number of ether oxygens (including phenoxy) is 1. The van der Waals surface area contributed by atoms with Gasteiger partial charge in [0, 0.05) is 25.4 Å². The van der Waals surface area contributed by atoms with Crippen molar-refractivity contribution in [2.75, 3.05) is 19.7 Å². The molecule has 3 rings (SSSR count). The second-order valence-electron chi connectivity index (χ2n) is 9.47. The van der Waals surface area contributed by atoms with E-state index < -0.39 is 17.5 Å². The predicted molar refractivity (Wildman–Crippen MR) is 131 cm³/mol. The zero-order valence-corrected chi connectivity index (χ0v) is 20.1. The molecule has 2 aromatic carbocycles. The maximum atomic E-state index is 12.4. The molecule has 0 saturated carbocycles. The Bertz CT molecular complexity index is 988. The minimum Gasteiger partial charge on any atom is -0.481 e. The van der Waals surface area contributed by atoms with Crippen LogP contribution in [0.25, 0.3) is 11.1 Å². The predicted octanol–water partition coefficient (Wildman–Crippen LogP) is 4.56. The molecule has 0 saturated heterocycles. The Hall–Kier alpha value is -3.35. The van der Waals surface area contributed by atoms with E-state index in [1.807, 2.05) is 31.2 Å². The zero-order chi connectivity index (χ0) is 24.7. The Balaban J connectivity index is 1.44. The SMILES string of the molecule is CCC(CNC(=O)OCC1c2ccccc2-c2ccccc21)CC(=O)NCCC(C)(C)C(=O)O. The summed E-state index contributed by atoms with van der Waals surface area (Å²) in [6, 6.07) is 16.4. The number of hydrogen-bond donors (Lipinski definition) is 3. The van der Waals surface area contributed by atoms with Crippen molar-refractivity contribution in [2.45, 2.75) is 46.0 Å². The molecule has 0 heterocycles. The van der Waals surface area contributed by atoms with Crippen LogP contribution in [0.1, 0.15) is 57.1 Å². The molecule has 2 amide bonds. The van der Waals surface area contributed by atoms with E-state index in [9.17, 15) is 14.4 Å². The summed E-state index contributed by atoms with van der Waals surface area (Å²) in [7, 11) is 0. The van der Waals surface area contributed by atoms with Crippen LogP contribution in [-0.4, -0.2) is 42.8 Å². The lowest BCUT2D eigenvalue weighted by atomic mass is 9.89. The highest BCUT2D eigenvalue weighted by molar-refractivity contribution is 5.79. The number of rotatable bonds is 11. The Kier molecular flexibility index (Phi) is 8.31. The fourth-order valence-electron chi connectivity index (χ4n) is 4.19. The van der Waals surface area contributed by atoms with Crippen molar-refractivity contribution in [1.82, 2.24) is 10.6 Å². The van der Waals surface area contributed by atoms with Gasteiger partial charge in [-0.15, -0.1) is 0 Å². The Morgan fingerprint density at radius 2 is 1.59 bits per heavy atom. The van der Waals surface area contributed by atoms with E-state index in [1.54, 1.807) is 13.8 Å². The summed E-state index contributed by atoms with van der Waals surface area (Å²) in [6.45, 7) is 6.11. The van der Waals surface area contributed by atoms with Crippen LogP contribution >= 0.6 is 0 Å². The first-order valence-electron chi connectivity index (χ1n) is 11.8. The molecule has 3 N–H and O–H groups in total. The first kappa shape index (κ1) is 25.3. The fourth-order valence-corrected chi connectivity index (χ4v) is 4.19. The van der Waals surface area contributed by atoms with Crippen LogP contribution in [0.4, 0.5) is 4.79 Å². The van der Waals surface area contributed by atoms with Crippen molar-refractivity contribution in [3.8, 4) is 11.1 Å². The van der Waals surface area contributed by atoms with Gasteiger partial charge >= 0.3 is 12.1 Å². The van der Waals surface area contributed by atoms with Gasteiger partial charge in [-0.05, 0) is 48.4 Å². The van der Waals surface area contributed by atoms with Crippen molar-refractivity contribution >= 4 is 18.0 Å². The van der Waals surface area contributed by atoms with Crippen LogP contribution in [0.5, 0.6) is 0 Å². The van der Waals surface area contributed by atoms with Gasteiger partial charge in [-0.3, -0.25) is 9.59 Å². The topological polar surface area (TPSA) is 105 Å². The van der Waals surface area contributed by atoms with Crippen LogP contribution in [0, 0.1) is 11.3 Å². The monoisotopic (exact) mass is 466 g/mol. The minimum atomic E-state index is -0.888. The molecule has 1 aliphatic carbocycles. The Morgan fingerprint density at radius 1 is 1.00 bits per heavy atom. The van der Waals surface area contributed by atoms with Gasteiger partial charge in [0.25, 0.3) is 0 Å². The van der Waals surface area contributed by atoms with Crippen LogP contribution in [0.2, 0.25) is 0 Å². The molecule has 0 bridgehead atoms. The summed E-state index contributed by atoms with van der Waals surface area (Å²) in [4.78, 5) is 35.8. The van der Waals surface area contributed by atoms with Gasteiger partial charge in [-0.25, -0.2) is 4.79 Å². The number of carbonyl (C=O) groups is 3. The molecule has 0 spiro atoms. The number of carboxylic acids is 1. The van der Waals surface area contributed by atoms with Gasteiger partial charge in [-0.1, -0.05) is 61.9 Å². The van der Waals surface area contributed by atoms with E-state index in [4.69, 9.17) is 9.84 Å². The van der Waals surface area contributed by atoms with Crippen molar-refractivity contribution in [3.05, 3.63) is 59.7 Å². The summed E-state index contributed by atoms with van der Waals surface area (Å²) >= 11 is 0. The maximum Gasteiger partial charge on any atom is 0.407 e. The second kappa shape index (κ2) is 11.2. The number of carbonyl (C=O) groups excluding carboxylic acids is 2. The van der Waals surface area contributed by atoms with Crippen LogP contribution in [0.3, 0.4) is 0 Å². The normalized spacial score (nSPS) is 13.5. The first-order valence-corrected chi connectivity index (χ1v) is 11.8. The number of nitrogens with one attached hydrogen (secondary N) is 2. The van der Waals surface area contributed by atoms with E-state index in [2.05, 4.69) is 34.9 Å². The van der Waals surface area contributed by atoms with Gasteiger partial charge < -0.3 is 20.5 Å². The summed E-state index contributed by atoms with van der Waals surface area (Å²) in [6.07, 6.45) is 0.831. The molecule has 0 radical (unpaired) electrons. The quantitative estimate of drug-likeness (QED) is 0.450. The fraction of sp³-hybridized carbons (Fsp3) is 0.444. The number of aliphatic carboxylic acids is 1. The number of hydrogen-bond acceptors (Lipinski definition) is 4. The first-order chi connectivity index (χ1) is 16.2. The molecular formula is C27H34N2O5. The number of amides is 2. The molecule has 34 heavy (non-hydrogen) atoms. The van der Waals surface area contributed by atoms with Crippen molar-refractivity contribution < 1.29 is 24.2 Å². The molecule has 7 nitrogen and oxygen atoms in total. The van der Waals surface area contributed by atoms with E-state index in [1.165, 1.54) is 11.1 Å². The van der Waals surface area contributed by atoms with E-state index in [0.29, 0.717) is 19.5 Å². The molecule has 7 heteroatoms. The average Bonchev–Trinajstić information content (AvgIpc) is 3.14. The third-order valence-electron chi connectivity index (χ3n) is 6.58. The number of benzene rings is 2. The molecule has 1 aliphatic rings. The largest absolute Gasteiger partial charge is 0.481 e. The highest BCUT2D eigenvalue weighted by atomic mass is 16.5. The third-order valence-corrected chi connectivity index (χ3v) is 6.58. The minimum absolute atomic E-state index is 0.000882. The molecule has 1 unspecified atom stereocenters. The maximum absolute atomic E-state index is 12.4. The summed E-state index contributed by atoms with van der Waals surface area (Å²) < 4.78 is 5.56. The zero-order valence-electron chi connectivity index (χ0n) is 20.1. The van der Waals surface area contributed by atoms with Crippen molar-refractivity contribution in [3.63, 3.8) is 0 Å². The van der Waals surface area contributed by atoms with Crippen LogP contribution in [0.15, 0.2) is 48.5 Å². The lowest BCUT2D eigenvalue weighted by Gasteiger charge is -2.20. The van der Waals surface area contributed by atoms with Crippen LogP contribution in [-0.2, 0) is 14.3 Å². The van der Waals surface area contributed by atoms with E-state index >= 15 is 0 Å². The molecular weight excluding hydrogens is 432 g/mol. The summed E-state index contributed by atoms with van der Waals surface area (Å²) in [5, 5.41) is 14.7. The summed E-state index contributed by atoms with van der Waals surface area (Å²) in [5.41, 5.74) is 3.78. The van der Waals surface area contributed by atoms with Gasteiger partial charge in [-0.2, -0.15) is 0 Å². The van der Waals surface area contributed by atoms with E-state index in [0.717, 1.165) is 17.5 Å². The lowest BCUT2D eigenvalue weighted by molar-refractivity contribution is -0.147. The third kappa shape index (κ3) is 6.16. The van der Waals surface area contributed by atoms with Gasteiger partial charge in [0.2, 0.25) is 5.91 Å². The average molecular weight is 467 g/mol.